The van der Waals surface area contributed by atoms with Gasteiger partial charge in [-0.3, -0.25) is 19.1 Å². The summed E-state index contributed by atoms with van der Waals surface area (Å²) in [6, 6.07) is 0.740. The molecule has 0 bridgehead atoms. The maximum absolute atomic E-state index is 12.8. The minimum Gasteiger partial charge on any atom is -0.326 e. The fourth-order valence-electron chi connectivity index (χ4n) is 3.25. The molecule has 3 heterocycles. The van der Waals surface area contributed by atoms with Gasteiger partial charge in [0.1, 0.15) is 6.04 Å². The number of rotatable bonds is 6. The lowest BCUT2D eigenvalue weighted by atomic mass is 10.0. The number of hydrogen-bond acceptors (Lipinski definition) is 5. The first kappa shape index (κ1) is 18.3. The van der Waals surface area contributed by atoms with E-state index >= 15 is 0 Å². The van der Waals surface area contributed by atoms with Gasteiger partial charge in [0, 0.05) is 28.5 Å². The second-order valence-corrected chi connectivity index (χ2v) is 7.79. The summed E-state index contributed by atoms with van der Waals surface area (Å²) in [5.74, 6) is -0.308. The average Bonchev–Trinajstić information content (AvgIpc) is 3.23. The number of carbonyl (C=O) groups is 3. The number of ketones is 1. The molecule has 1 saturated heterocycles. The van der Waals surface area contributed by atoms with Gasteiger partial charge in [0.2, 0.25) is 0 Å². The van der Waals surface area contributed by atoms with E-state index in [0.717, 1.165) is 21.4 Å². The van der Waals surface area contributed by atoms with Gasteiger partial charge in [0.05, 0.1) is 6.54 Å². The van der Waals surface area contributed by atoms with Crippen molar-refractivity contribution in [1.82, 2.24) is 19.8 Å². The molecule has 1 atom stereocenters. The number of aryl methyl sites for hydroxylation is 1. The van der Waals surface area contributed by atoms with E-state index in [1.165, 1.54) is 11.3 Å². The quantitative estimate of drug-likeness (QED) is 0.622. The van der Waals surface area contributed by atoms with Crippen LogP contribution < -0.4 is 5.32 Å². The van der Waals surface area contributed by atoms with Gasteiger partial charge in [0.25, 0.3) is 5.91 Å². The highest BCUT2D eigenvalue weighted by atomic mass is 32.1. The van der Waals surface area contributed by atoms with Crippen molar-refractivity contribution in [3.8, 4) is 5.13 Å². The van der Waals surface area contributed by atoms with Gasteiger partial charge in [-0.25, -0.2) is 9.78 Å². The number of thiazole rings is 1. The first-order valence-electron chi connectivity index (χ1n) is 8.53. The number of amides is 3. The molecule has 3 rings (SSSR count). The molecule has 0 spiro atoms. The predicted octanol–water partition coefficient (Wildman–Crippen LogP) is 2.70. The largest absolute Gasteiger partial charge is 0.326 e. The van der Waals surface area contributed by atoms with Crippen molar-refractivity contribution in [3.63, 3.8) is 0 Å². The zero-order valence-electron chi connectivity index (χ0n) is 15.3. The van der Waals surface area contributed by atoms with Crippen molar-refractivity contribution in [2.24, 2.45) is 5.92 Å². The number of imide groups is 1. The molecule has 3 amide bonds. The summed E-state index contributed by atoms with van der Waals surface area (Å²) >= 11 is 1.48. The van der Waals surface area contributed by atoms with E-state index in [-0.39, 0.29) is 24.2 Å². The highest BCUT2D eigenvalue weighted by molar-refractivity contribution is 7.12. The van der Waals surface area contributed by atoms with Crippen molar-refractivity contribution in [1.29, 1.82) is 0 Å². The molecule has 0 radical (unpaired) electrons. The van der Waals surface area contributed by atoms with Gasteiger partial charge in [-0.1, -0.05) is 13.8 Å². The third kappa shape index (κ3) is 3.29. The molecule has 1 aliphatic rings. The van der Waals surface area contributed by atoms with Gasteiger partial charge >= 0.3 is 6.03 Å². The van der Waals surface area contributed by atoms with Gasteiger partial charge in [-0.2, -0.15) is 0 Å². The van der Waals surface area contributed by atoms with Crippen molar-refractivity contribution in [3.05, 3.63) is 34.6 Å². The van der Waals surface area contributed by atoms with E-state index in [1.807, 2.05) is 37.6 Å². The maximum Gasteiger partial charge on any atom is 0.325 e. The molecule has 1 aliphatic heterocycles. The van der Waals surface area contributed by atoms with Crippen molar-refractivity contribution >= 4 is 29.1 Å². The summed E-state index contributed by atoms with van der Waals surface area (Å²) in [4.78, 5) is 42.6. The molecule has 8 heteroatoms. The van der Waals surface area contributed by atoms with Crippen LogP contribution in [0.3, 0.4) is 0 Å². The highest BCUT2D eigenvalue weighted by Crippen LogP contribution is 2.23. The lowest BCUT2D eigenvalue weighted by Crippen LogP contribution is -2.36. The van der Waals surface area contributed by atoms with Gasteiger partial charge in [-0.15, -0.1) is 11.3 Å². The first-order chi connectivity index (χ1) is 12.3. The molecule has 1 unspecified atom stereocenters. The fraction of sp³-hybridized carbons (Fsp3) is 0.444. The molecule has 138 valence electrons. The lowest BCUT2D eigenvalue weighted by Gasteiger charge is -2.13. The number of urea groups is 1. The van der Waals surface area contributed by atoms with Crippen LogP contribution in [0.5, 0.6) is 0 Å². The second kappa shape index (κ2) is 7.03. The molecule has 1 N–H and O–H groups in total. The standard InChI is InChI=1S/C18H22N4O3S/c1-10(2)7-14-16(24)21(17(25)20-14)9-15(23)13-8-11(3)22(12(13)4)18-19-5-6-26-18/h5-6,8,10,14H,7,9H2,1-4H3,(H,20,25). The highest BCUT2D eigenvalue weighted by Gasteiger charge is 2.39. The molecule has 2 aromatic heterocycles. The zero-order chi connectivity index (χ0) is 19.0. The van der Waals surface area contributed by atoms with Crippen LogP contribution in [0.2, 0.25) is 0 Å². The van der Waals surface area contributed by atoms with Crippen LogP contribution in [0.15, 0.2) is 17.6 Å². The Kier molecular flexibility index (Phi) is 4.95. The van der Waals surface area contributed by atoms with Crippen molar-refractivity contribution < 1.29 is 14.4 Å². The normalized spacial score (nSPS) is 17.3. The second-order valence-electron chi connectivity index (χ2n) is 6.91. The van der Waals surface area contributed by atoms with Crippen molar-refractivity contribution in [2.75, 3.05) is 6.54 Å². The minimum atomic E-state index is -0.543. The summed E-state index contributed by atoms with van der Waals surface area (Å²) in [5, 5.41) is 5.32. The van der Waals surface area contributed by atoms with Crippen LogP contribution in [0.25, 0.3) is 5.13 Å². The summed E-state index contributed by atoms with van der Waals surface area (Å²) < 4.78 is 1.91. The van der Waals surface area contributed by atoms with E-state index in [4.69, 9.17) is 0 Å². The fourth-order valence-corrected chi connectivity index (χ4v) is 4.00. The lowest BCUT2D eigenvalue weighted by molar-refractivity contribution is -0.127. The smallest absolute Gasteiger partial charge is 0.325 e. The van der Waals surface area contributed by atoms with Crippen LogP contribution in [0.4, 0.5) is 4.79 Å². The number of Topliss-reactive ketones (excluding diaryl/α,β-unsaturated/α-hetero) is 1. The number of aromatic nitrogens is 2. The van der Waals surface area contributed by atoms with Crippen LogP contribution in [-0.4, -0.2) is 44.8 Å². The number of carbonyl (C=O) groups excluding carboxylic acids is 3. The molecule has 0 aromatic carbocycles. The minimum absolute atomic E-state index is 0.249. The summed E-state index contributed by atoms with van der Waals surface area (Å²) in [6.07, 6.45) is 2.27. The third-order valence-corrected chi connectivity index (χ3v) is 5.21. The van der Waals surface area contributed by atoms with Crippen molar-refractivity contribution in [2.45, 2.75) is 40.2 Å². The molecule has 1 fully saturated rings. The van der Waals surface area contributed by atoms with Gasteiger partial charge in [-0.05, 0) is 32.3 Å². The Morgan fingerprint density at radius 3 is 2.69 bits per heavy atom. The van der Waals surface area contributed by atoms with Crippen LogP contribution >= 0.6 is 11.3 Å². The first-order valence-corrected chi connectivity index (χ1v) is 9.41. The molecular formula is C18H22N4O3S. The molecule has 2 aromatic rings. The SMILES string of the molecule is Cc1cc(C(=O)CN2C(=O)NC(CC(C)C)C2=O)c(C)n1-c1nccs1. The maximum atomic E-state index is 12.8. The third-order valence-electron chi connectivity index (χ3n) is 4.46. The topological polar surface area (TPSA) is 84.3 Å². The average molecular weight is 374 g/mol. The van der Waals surface area contributed by atoms with E-state index in [9.17, 15) is 14.4 Å². The van der Waals surface area contributed by atoms with Gasteiger partial charge in [0.15, 0.2) is 10.9 Å². The Bertz CT molecular complexity index is 854. The molecule has 0 saturated carbocycles. The van der Waals surface area contributed by atoms with Crippen LogP contribution in [-0.2, 0) is 4.79 Å². The Balaban J connectivity index is 1.80. The zero-order valence-corrected chi connectivity index (χ0v) is 16.1. The summed E-state index contributed by atoms with van der Waals surface area (Å²) in [6.45, 7) is 7.47. The molecule has 7 nitrogen and oxygen atoms in total. The summed E-state index contributed by atoms with van der Waals surface area (Å²) in [5.41, 5.74) is 2.15. The molecule has 0 aliphatic carbocycles. The molecular weight excluding hydrogens is 352 g/mol. The molecule has 26 heavy (non-hydrogen) atoms. The van der Waals surface area contributed by atoms with E-state index in [0.29, 0.717) is 12.0 Å². The Morgan fingerprint density at radius 1 is 1.35 bits per heavy atom. The van der Waals surface area contributed by atoms with E-state index in [1.54, 1.807) is 12.3 Å². The van der Waals surface area contributed by atoms with Crippen LogP contribution in [0.1, 0.15) is 42.0 Å². The number of nitrogens with zero attached hydrogens (tertiary/aromatic N) is 3. The number of hydrogen-bond donors (Lipinski definition) is 1. The predicted molar refractivity (Wildman–Crippen MR) is 98.7 cm³/mol. The Morgan fingerprint density at radius 2 is 2.08 bits per heavy atom. The van der Waals surface area contributed by atoms with Crippen LogP contribution in [0, 0.1) is 19.8 Å². The van der Waals surface area contributed by atoms with E-state index in [2.05, 4.69) is 10.3 Å². The summed E-state index contributed by atoms with van der Waals surface area (Å²) in [7, 11) is 0. The Labute approximate surface area is 156 Å². The van der Waals surface area contributed by atoms with Gasteiger partial charge < -0.3 is 5.32 Å². The Hall–Kier alpha value is -2.48. The monoisotopic (exact) mass is 374 g/mol. The van der Waals surface area contributed by atoms with E-state index < -0.39 is 12.1 Å². The number of nitrogens with one attached hydrogen (secondary N) is 1.